The number of piperazine rings is 1. The summed E-state index contributed by atoms with van der Waals surface area (Å²) in [6.45, 7) is 4.11. The van der Waals surface area contributed by atoms with E-state index in [1.165, 1.54) is 7.11 Å². The lowest BCUT2D eigenvalue weighted by Gasteiger charge is -2.33. The Bertz CT molecular complexity index is 462. The number of methoxy groups -OCH3 is 1. The van der Waals surface area contributed by atoms with Crippen LogP contribution >= 0.6 is 0 Å². The van der Waals surface area contributed by atoms with Crippen molar-refractivity contribution in [2.45, 2.75) is 6.92 Å². The molecule has 19 heavy (non-hydrogen) atoms. The fraction of sp³-hybridized carbons (Fsp3) is 0.429. The van der Waals surface area contributed by atoms with Crippen molar-refractivity contribution in [3.05, 3.63) is 35.4 Å². The van der Waals surface area contributed by atoms with Gasteiger partial charge in [0.25, 0.3) is 5.91 Å². The zero-order valence-electron chi connectivity index (χ0n) is 11.3. The summed E-state index contributed by atoms with van der Waals surface area (Å²) in [5.74, 6) is 0.0181. The van der Waals surface area contributed by atoms with Gasteiger partial charge < -0.3 is 14.5 Å². The van der Waals surface area contributed by atoms with Gasteiger partial charge in [0.2, 0.25) is 0 Å². The van der Waals surface area contributed by atoms with Crippen LogP contribution in [0.3, 0.4) is 0 Å². The minimum absolute atomic E-state index is 0.0181. The molecule has 0 aliphatic carbocycles. The average Bonchev–Trinajstić information content (AvgIpc) is 2.46. The lowest BCUT2D eigenvalue weighted by atomic mass is 10.1. The highest BCUT2D eigenvalue weighted by atomic mass is 16.5. The summed E-state index contributed by atoms with van der Waals surface area (Å²) in [5.41, 5.74) is 1.82. The van der Waals surface area contributed by atoms with E-state index in [4.69, 9.17) is 0 Å². The lowest BCUT2D eigenvalue weighted by molar-refractivity contribution is 0.0599. The first-order valence-corrected chi connectivity index (χ1v) is 6.30. The molecule has 1 heterocycles. The molecule has 102 valence electrons. The molecule has 0 unspecified atom stereocenters. The van der Waals surface area contributed by atoms with E-state index in [0.29, 0.717) is 31.7 Å². The molecule has 0 N–H and O–H groups in total. The van der Waals surface area contributed by atoms with E-state index in [1.54, 1.807) is 9.80 Å². The third-order valence-corrected chi connectivity index (χ3v) is 3.30. The second-order valence-corrected chi connectivity index (χ2v) is 4.62. The second-order valence-electron chi connectivity index (χ2n) is 4.62. The molecule has 1 fully saturated rings. The molecule has 1 aliphatic heterocycles. The lowest BCUT2D eigenvalue weighted by Crippen LogP contribution is -2.50. The van der Waals surface area contributed by atoms with Gasteiger partial charge in [-0.2, -0.15) is 0 Å². The predicted octanol–water partition coefficient (Wildman–Crippen LogP) is 1.52. The molecule has 2 amide bonds. The highest BCUT2D eigenvalue weighted by Crippen LogP contribution is 2.10. The first-order chi connectivity index (χ1) is 9.11. The van der Waals surface area contributed by atoms with Crippen LogP contribution in [0.1, 0.15) is 15.9 Å². The van der Waals surface area contributed by atoms with Crippen LogP contribution in [0.4, 0.5) is 4.79 Å². The summed E-state index contributed by atoms with van der Waals surface area (Å²) in [6, 6.07) is 7.53. The van der Waals surface area contributed by atoms with E-state index < -0.39 is 0 Å². The van der Waals surface area contributed by atoms with Crippen LogP contribution in [0.15, 0.2) is 24.3 Å². The number of benzene rings is 1. The number of carbonyl (C=O) groups is 2. The summed E-state index contributed by atoms with van der Waals surface area (Å²) in [5, 5.41) is 0. The van der Waals surface area contributed by atoms with Crippen molar-refractivity contribution in [2.75, 3.05) is 33.3 Å². The van der Waals surface area contributed by atoms with Gasteiger partial charge in [0.05, 0.1) is 7.11 Å². The van der Waals surface area contributed by atoms with Crippen molar-refractivity contribution in [3.63, 3.8) is 0 Å². The predicted molar refractivity (Wildman–Crippen MR) is 71.1 cm³/mol. The van der Waals surface area contributed by atoms with E-state index in [2.05, 4.69) is 4.74 Å². The number of rotatable bonds is 1. The van der Waals surface area contributed by atoms with Crippen LogP contribution in [0, 0.1) is 6.92 Å². The van der Waals surface area contributed by atoms with Crippen molar-refractivity contribution in [1.29, 1.82) is 0 Å². The van der Waals surface area contributed by atoms with Crippen LogP contribution in [0.25, 0.3) is 0 Å². The van der Waals surface area contributed by atoms with Gasteiger partial charge in [-0.05, 0) is 19.1 Å². The summed E-state index contributed by atoms with van der Waals surface area (Å²) < 4.78 is 4.67. The van der Waals surface area contributed by atoms with E-state index in [0.717, 1.165) is 5.56 Å². The van der Waals surface area contributed by atoms with Gasteiger partial charge in [-0.3, -0.25) is 4.79 Å². The van der Waals surface area contributed by atoms with Crippen molar-refractivity contribution in [3.8, 4) is 0 Å². The van der Waals surface area contributed by atoms with Gasteiger partial charge in [-0.1, -0.05) is 17.7 Å². The molecule has 1 aliphatic rings. The molecule has 1 aromatic carbocycles. The standard InChI is InChI=1S/C14H18N2O3/c1-11-3-5-12(6-4-11)13(17)15-7-9-16(10-8-15)14(18)19-2/h3-6H,7-10H2,1-2H3. The Morgan fingerprint density at radius 2 is 1.53 bits per heavy atom. The number of hydrogen-bond acceptors (Lipinski definition) is 3. The van der Waals surface area contributed by atoms with Crippen molar-refractivity contribution in [1.82, 2.24) is 9.80 Å². The number of amides is 2. The SMILES string of the molecule is COC(=O)N1CCN(C(=O)c2ccc(C)cc2)CC1. The largest absolute Gasteiger partial charge is 0.453 e. The summed E-state index contributed by atoms with van der Waals surface area (Å²) in [4.78, 5) is 27.0. The molecule has 0 bridgehead atoms. The monoisotopic (exact) mass is 262 g/mol. The van der Waals surface area contributed by atoms with E-state index in [-0.39, 0.29) is 12.0 Å². The number of ether oxygens (including phenoxy) is 1. The molecule has 2 rings (SSSR count). The Kier molecular flexibility index (Phi) is 4.04. The highest BCUT2D eigenvalue weighted by molar-refractivity contribution is 5.94. The Morgan fingerprint density at radius 3 is 2.05 bits per heavy atom. The van der Waals surface area contributed by atoms with Crippen LogP contribution < -0.4 is 0 Å². The normalized spacial score (nSPS) is 15.3. The zero-order valence-corrected chi connectivity index (χ0v) is 11.3. The van der Waals surface area contributed by atoms with Crippen LogP contribution in [-0.2, 0) is 4.74 Å². The molecular formula is C14H18N2O3. The third-order valence-electron chi connectivity index (χ3n) is 3.30. The first-order valence-electron chi connectivity index (χ1n) is 6.30. The number of hydrogen-bond donors (Lipinski definition) is 0. The Morgan fingerprint density at radius 1 is 1.00 bits per heavy atom. The maximum Gasteiger partial charge on any atom is 0.409 e. The quantitative estimate of drug-likeness (QED) is 0.771. The maximum absolute atomic E-state index is 12.2. The Balaban J connectivity index is 1.96. The van der Waals surface area contributed by atoms with Crippen molar-refractivity contribution >= 4 is 12.0 Å². The van der Waals surface area contributed by atoms with Gasteiger partial charge in [0.15, 0.2) is 0 Å². The summed E-state index contributed by atoms with van der Waals surface area (Å²) >= 11 is 0. The fourth-order valence-corrected chi connectivity index (χ4v) is 2.10. The molecule has 0 aromatic heterocycles. The van der Waals surface area contributed by atoms with Gasteiger partial charge in [0.1, 0.15) is 0 Å². The van der Waals surface area contributed by atoms with Crippen LogP contribution in [-0.4, -0.2) is 55.1 Å². The molecule has 0 atom stereocenters. The highest BCUT2D eigenvalue weighted by Gasteiger charge is 2.24. The Labute approximate surface area is 112 Å². The minimum Gasteiger partial charge on any atom is -0.453 e. The minimum atomic E-state index is -0.331. The zero-order chi connectivity index (χ0) is 13.8. The Hall–Kier alpha value is -2.04. The van der Waals surface area contributed by atoms with Crippen LogP contribution in [0.5, 0.6) is 0 Å². The number of nitrogens with zero attached hydrogens (tertiary/aromatic N) is 2. The van der Waals surface area contributed by atoms with E-state index in [1.807, 2.05) is 31.2 Å². The number of aryl methyl sites for hydroxylation is 1. The third kappa shape index (κ3) is 3.05. The van der Waals surface area contributed by atoms with E-state index >= 15 is 0 Å². The number of carbonyl (C=O) groups excluding carboxylic acids is 2. The van der Waals surface area contributed by atoms with Gasteiger partial charge in [-0.25, -0.2) is 4.79 Å². The van der Waals surface area contributed by atoms with E-state index in [9.17, 15) is 9.59 Å². The van der Waals surface area contributed by atoms with Gasteiger partial charge in [0, 0.05) is 31.7 Å². The smallest absolute Gasteiger partial charge is 0.409 e. The molecule has 5 heteroatoms. The molecule has 5 nitrogen and oxygen atoms in total. The fourth-order valence-electron chi connectivity index (χ4n) is 2.10. The summed E-state index contributed by atoms with van der Waals surface area (Å²) in [6.07, 6.45) is -0.331. The van der Waals surface area contributed by atoms with Crippen LogP contribution in [0.2, 0.25) is 0 Å². The molecule has 0 saturated carbocycles. The first kappa shape index (κ1) is 13.4. The molecule has 0 radical (unpaired) electrons. The van der Waals surface area contributed by atoms with Crippen molar-refractivity contribution in [2.24, 2.45) is 0 Å². The topological polar surface area (TPSA) is 49.9 Å². The maximum atomic E-state index is 12.2. The molecule has 1 aromatic rings. The molecule has 0 spiro atoms. The van der Waals surface area contributed by atoms with Crippen molar-refractivity contribution < 1.29 is 14.3 Å². The van der Waals surface area contributed by atoms with Gasteiger partial charge >= 0.3 is 6.09 Å². The second kappa shape index (κ2) is 5.73. The molecular weight excluding hydrogens is 244 g/mol. The van der Waals surface area contributed by atoms with Gasteiger partial charge in [-0.15, -0.1) is 0 Å². The average molecular weight is 262 g/mol. The summed E-state index contributed by atoms with van der Waals surface area (Å²) in [7, 11) is 1.37. The molecule has 1 saturated heterocycles.